The first-order valence-corrected chi connectivity index (χ1v) is 8.55. The fourth-order valence-corrected chi connectivity index (χ4v) is 2.12. The Labute approximate surface area is 165 Å². The molecule has 156 valence electrons. The van der Waals surface area contributed by atoms with Crippen molar-refractivity contribution in [3.63, 3.8) is 0 Å². The smallest absolute Gasteiger partial charge is 0.323 e. The van der Waals surface area contributed by atoms with E-state index in [9.17, 15) is 19.7 Å². The summed E-state index contributed by atoms with van der Waals surface area (Å²) in [6.07, 6.45) is 0. The van der Waals surface area contributed by atoms with E-state index in [1.165, 1.54) is 30.3 Å². The van der Waals surface area contributed by atoms with Crippen LogP contribution in [0.3, 0.4) is 0 Å². The Balaban J connectivity index is 1.85. The van der Waals surface area contributed by atoms with Crippen LogP contribution in [0.4, 0.5) is 16.4 Å². The number of aromatic amines is 1. The molecular formula is C17H21N5O7. The van der Waals surface area contributed by atoms with Crippen molar-refractivity contribution in [2.24, 2.45) is 0 Å². The summed E-state index contributed by atoms with van der Waals surface area (Å²) in [5, 5.41) is 15.6. The molecule has 0 aliphatic heterocycles. The molecule has 29 heavy (non-hydrogen) atoms. The lowest BCUT2D eigenvalue weighted by Crippen LogP contribution is -2.32. The maximum absolute atomic E-state index is 11.9. The normalized spacial score (nSPS) is 10.5. The van der Waals surface area contributed by atoms with E-state index in [0.717, 1.165) is 0 Å². The number of carbonyl (C=O) groups excluding carboxylic acids is 1. The van der Waals surface area contributed by atoms with Gasteiger partial charge in [0, 0.05) is 30.9 Å². The summed E-state index contributed by atoms with van der Waals surface area (Å²) in [4.78, 5) is 40.4. The van der Waals surface area contributed by atoms with Gasteiger partial charge in [-0.15, -0.1) is 0 Å². The number of hydrogen-bond acceptors (Lipinski definition) is 8. The highest BCUT2D eigenvalue weighted by Crippen LogP contribution is 2.20. The zero-order valence-electron chi connectivity index (χ0n) is 15.7. The number of nitrogens with one attached hydrogen (secondary N) is 3. The molecule has 0 aliphatic carbocycles. The number of H-pyrrole nitrogens is 1. The van der Waals surface area contributed by atoms with Gasteiger partial charge in [-0.05, 0) is 12.1 Å². The van der Waals surface area contributed by atoms with Crippen LogP contribution in [0.2, 0.25) is 0 Å². The molecule has 3 N–H and O–H groups in total. The van der Waals surface area contributed by atoms with Crippen LogP contribution in [0.25, 0.3) is 11.3 Å². The van der Waals surface area contributed by atoms with E-state index in [0.29, 0.717) is 25.4 Å². The average Bonchev–Trinajstić information content (AvgIpc) is 2.69. The highest BCUT2D eigenvalue weighted by Gasteiger charge is 2.09. The monoisotopic (exact) mass is 407 g/mol. The second-order valence-electron chi connectivity index (χ2n) is 5.57. The quantitative estimate of drug-likeness (QED) is 0.216. The molecule has 2 rings (SSSR count). The third-order valence-corrected chi connectivity index (χ3v) is 3.49. The van der Waals surface area contributed by atoms with Crippen LogP contribution >= 0.6 is 0 Å². The van der Waals surface area contributed by atoms with Crippen molar-refractivity contribution >= 4 is 17.7 Å². The van der Waals surface area contributed by atoms with Gasteiger partial charge in [0.15, 0.2) is 0 Å². The van der Waals surface area contributed by atoms with Crippen LogP contribution < -0.4 is 16.2 Å². The molecule has 0 aliphatic rings. The van der Waals surface area contributed by atoms with Gasteiger partial charge in [0.1, 0.15) is 6.73 Å². The van der Waals surface area contributed by atoms with Crippen LogP contribution in [0.5, 0.6) is 0 Å². The first-order chi connectivity index (χ1) is 14.0. The number of nitrogens with zero attached hydrogens (tertiary/aromatic N) is 2. The minimum Gasteiger partial charge on any atom is -0.382 e. The summed E-state index contributed by atoms with van der Waals surface area (Å²) in [5.74, 6) is -0.0775. The molecule has 1 aromatic carbocycles. The number of nitro groups is 1. The van der Waals surface area contributed by atoms with Gasteiger partial charge >= 0.3 is 6.03 Å². The fraction of sp³-hybridized carbons (Fsp3) is 0.353. The van der Waals surface area contributed by atoms with Gasteiger partial charge in [-0.3, -0.25) is 25.2 Å². The van der Waals surface area contributed by atoms with Crippen molar-refractivity contribution in [3.8, 4) is 11.3 Å². The van der Waals surface area contributed by atoms with Crippen LogP contribution in [0.15, 0.2) is 35.1 Å². The summed E-state index contributed by atoms with van der Waals surface area (Å²) >= 11 is 0. The van der Waals surface area contributed by atoms with Gasteiger partial charge in [-0.1, -0.05) is 0 Å². The molecule has 2 aromatic rings. The average molecular weight is 407 g/mol. The zero-order chi connectivity index (χ0) is 21.1. The van der Waals surface area contributed by atoms with E-state index in [4.69, 9.17) is 14.2 Å². The van der Waals surface area contributed by atoms with Crippen LogP contribution in [0, 0.1) is 10.1 Å². The highest BCUT2D eigenvalue weighted by atomic mass is 16.6. The molecule has 0 spiro atoms. The summed E-state index contributed by atoms with van der Waals surface area (Å²) < 4.78 is 15.2. The number of methoxy groups -OCH3 is 1. The molecule has 0 fully saturated rings. The fourth-order valence-electron chi connectivity index (χ4n) is 2.12. The Bertz CT molecular complexity index is 869. The third-order valence-electron chi connectivity index (χ3n) is 3.49. The van der Waals surface area contributed by atoms with Crippen molar-refractivity contribution in [1.29, 1.82) is 0 Å². The largest absolute Gasteiger partial charge is 0.382 e. The summed E-state index contributed by atoms with van der Waals surface area (Å²) in [6, 6.07) is 6.12. The van der Waals surface area contributed by atoms with Crippen molar-refractivity contribution < 1.29 is 23.9 Å². The topological polar surface area (TPSA) is 158 Å². The number of ether oxygens (including phenoxy) is 3. The predicted octanol–water partition coefficient (Wildman–Crippen LogP) is 1.10. The standard InChI is InChI=1S/C17H21N5O7/c1-27-6-7-28-8-9-29-11-18-17(24)21-16-19-14(10-15(23)20-16)12-2-4-13(5-3-12)22(25)26/h2-5,10H,6-9,11H2,1H3,(H3,18,19,20,21,23,24). The molecule has 1 heterocycles. The number of non-ortho nitro benzene ring substituents is 1. The Hall–Kier alpha value is -3.35. The van der Waals surface area contributed by atoms with E-state index in [1.807, 2.05) is 0 Å². The summed E-state index contributed by atoms with van der Waals surface area (Å²) in [5.41, 5.74) is 0.166. The van der Waals surface area contributed by atoms with Crippen LogP contribution in [-0.4, -0.2) is 61.2 Å². The Morgan fingerprint density at radius 1 is 1.17 bits per heavy atom. The summed E-state index contributed by atoms with van der Waals surface area (Å²) in [6.45, 7) is 1.53. The highest BCUT2D eigenvalue weighted by molar-refractivity contribution is 5.87. The second-order valence-corrected chi connectivity index (χ2v) is 5.57. The van der Waals surface area contributed by atoms with Crippen molar-refractivity contribution in [1.82, 2.24) is 15.3 Å². The van der Waals surface area contributed by atoms with Gasteiger partial charge in [0.05, 0.1) is 37.0 Å². The number of aromatic nitrogens is 2. The van der Waals surface area contributed by atoms with E-state index in [2.05, 4.69) is 20.6 Å². The molecule has 12 heteroatoms. The Kier molecular flexibility index (Phi) is 8.69. The molecule has 0 saturated carbocycles. The van der Waals surface area contributed by atoms with Crippen LogP contribution in [0.1, 0.15) is 0 Å². The van der Waals surface area contributed by atoms with Gasteiger partial charge in [0.25, 0.3) is 11.2 Å². The van der Waals surface area contributed by atoms with Gasteiger partial charge < -0.3 is 19.5 Å². The van der Waals surface area contributed by atoms with Crippen LogP contribution in [-0.2, 0) is 14.2 Å². The summed E-state index contributed by atoms with van der Waals surface area (Å²) in [7, 11) is 1.58. The number of nitro benzene ring substituents is 1. The molecule has 0 saturated heterocycles. The maximum Gasteiger partial charge on any atom is 0.323 e. The number of hydrogen-bond donors (Lipinski definition) is 3. The number of anilines is 1. The molecule has 0 unspecified atom stereocenters. The number of carbonyl (C=O) groups is 1. The van der Waals surface area contributed by atoms with Crippen molar-refractivity contribution in [2.75, 3.05) is 45.6 Å². The van der Waals surface area contributed by atoms with Crippen molar-refractivity contribution in [2.45, 2.75) is 0 Å². The number of amides is 2. The lowest BCUT2D eigenvalue weighted by Gasteiger charge is -2.09. The molecule has 0 bridgehead atoms. The van der Waals surface area contributed by atoms with Gasteiger partial charge in [-0.25, -0.2) is 9.78 Å². The molecule has 0 atom stereocenters. The minimum atomic E-state index is -0.630. The molecule has 12 nitrogen and oxygen atoms in total. The van der Waals surface area contributed by atoms with E-state index >= 15 is 0 Å². The van der Waals surface area contributed by atoms with Gasteiger partial charge in [-0.2, -0.15) is 0 Å². The minimum absolute atomic E-state index is 0.0637. The lowest BCUT2D eigenvalue weighted by molar-refractivity contribution is -0.384. The predicted molar refractivity (Wildman–Crippen MR) is 103 cm³/mol. The molecular weight excluding hydrogens is 386 g/mol. The number of rotatable bonds is 11. The first kappa shape index (κ1) is 21.9. The molecule has 2 amide bonds. The third kappa shape index (κ3) is 7.65. The number of urea groups is 1. The van der Waals surface area contributed by atoms with Gasteiger partial charge in [0.2, 0.25) is 5.95 Å². The van der Waals surface area contributed by atoms with Crippen molar-refractivity contribution in [3.05, 3.63) is 50.8 Å². The lowest BCUT2D eigenvalue weighted by atomic mass is 10.1. The first-order valence-electron chi connectivity index (χ1n) is 8.55. The van der Waals surface area contributed by atoms with E-state index in [-0.39, 0.29) is 30.7 Å². The number of benzene rings is 1. The van der Waals surface area contributed by atoms with E-state index < -0.39 is 16.5 Å². The Morgan fingerprint density at radius 2 is 1.86 bits per heavy atom. The SMILES string of the molecule is COCCOCCOCNC(=O)Nc1nc(-c2ccc([N+](=O)[O-])cc2)cc(=O)[nH]1. The Morgan fingerprint density at radius 3 is 2.55 bits per heavy atom. The maximum atomic E-state index is 11.9. The molecule has 0 radical (unpaired) electrons. The zero-order valence-corrected chi connectivity index (χ0v) is 15.7. The second kappa shape index (κ2) is 11.5. The molecule has 1 aromatic heterocycles. The van der Waals surface area contributed by atoms with E-state index in [1.54, 1.807) is 7.11 Å².